The van der Waals surface area contributed by atoms with Gasteiger partial charge >= 0.3 is 0 Å². The van der Waals surface area contributed by atoms with E-state index >= 15 is 0 Å². The molecule has 0 fully saturated rings. The first-order valence-electron chi connectivity index (χ1n) is 5.02. The van der Waals surface area contributed by atoms with Crippen LogP contribution in [0.3, 0.4) is 0 Å². The summed E-state index contributed by atoms with van der Waals surface area (Å²) < 4.78 is 0. The number of likely N-dealkylation sites (N-methyl/N-ethyl adjacent to an activating group) is 1. The number of aliphatic hydroxyl groups is 1. The second kappa shape index (κ2) is 6.02. The van der Waals surface area contributed by atoms with E-state index in [1.807, 2.05) is 0 Å². The Labute approximate surface area is 94.3 Å². The van der Waals surface area contributed by atoms with Gasteiger partial charge in [0, 0.05) is 26.0 Å². The molecule has 1 aromatic heterocycles. The van der Waals surface area contributed by atoms with Crippen molar-refractivity contribution in [2.75, 3.05) is 25.0 Å². The zero-order valence-corrected chi connectivity index (χ0v) is 9.42. The molecule has 6 nitrogen and oxygen atoms in total. The van der Waals surface area contributed by atoms with Crippen LogP contribution in [0.4, 0.5) is 5.95 Å². The van der Waals surface area contributed by atoms with Crippen LogP contribution in [0, 0.1) is 0 Å². The molecule has 0 radical (unpaired) electrons. The summed E-state index contributed by atoms with van der Waals surface area (Å²) in [6.07, 6.45) is 2.70. The number of carbonyl (C=O) groups is 1. The fourth-order valence-corrected chi connectivity index (χ4v) is 1.09. The van der Waals surface area contributed by atoms with Gasteiger partial charge in [0.2, 0.25) is 11.9 Å². The third-order valence-corrected chi connectivity index (χ3v) is 1.87. The maximum Gasteiger partial charge on any atom is 0.239 e. The molecule has 0 aliphatic heterocycles. The van der Waals surface area contributed by atoms with E-state index in [2.05, 4.69) is 15.3 Å². The molecule has 1 atom stereocenters. The van der Waals surface area contributed by atoms with Gasteiger partial charge in [0.25, 0.3) is 0 Å². The second-order valence-electron chi connectivity index (χ2n) is 3.56. The molecule has 0 aliphatic rings. The molecule has 6 heteroatoms. The Morgan fingerprint density at radius 3 is 2.75 bits per heavy atom. The highest BCUT2D eigenvalue weighted by molar-refractivity contribution is 5.80. The summed E-state index contributed by atoms with van der Waals surface area (Å²) >= 11 is 0. The molecule has 1 amide bonds. The van der Waals surface area contributed by atoms with Crippen molar-refractivity contribution in [3.05, 3.63) is 18.5 Å². The van der Waals surface area contributed by atoms with Crippen molar-refractivity contribution in [2.45, 2.75) is 13.0 Å². The Morgan fingerprint density at radius 1 is 1.56 bits per heavy atom. The summed E-state index contributed by atoms with van der Waals surface area (Å²) in [7, 11) is 1.73. The van der Waals surface area contributed by atoms with Gasteiger partial charge in [-0.2, -0.15) is 0 Å². The minimum atomic E-state index is -0.540. The summed E-state index contributed by atoms with van der Waals surface area (Å²) in [6.45, 7) is 2.03. The van der Waals surface area contributed by atoms with E-state index in [1.165, 1.54) is 0 Å². The minimum absolute atomic E-state index is 0.163. The van der Waals surface area contributed by atoms with Gasteiger partial charge in [0.05, 0.1) is 12.6 Å². The lowest BCUT2D eigenvalue weighted by Crippen LogP contribution is -2.38. The lowest BCUT2D eigenvalue weighted by molar-refractivity contribution is -0.120. The molecule has 88 valence electrons. The average molecular weight is 224 g/mol. The van der Waals surface area contributed by atoms with Crippen molar-refractivity contribution < 1.29 is 9.90 Å². The van der Waals surface area contributed by atoms with Crippen LogP contribution in [0.2, 0.25) is 0 Å². The first-order valence-corrected chi connectivity index (χ1v) is 5.02. The van der Waals surface area contributed by atoms with E-state index in [1.54, 1.807) is 37.3 Å². The van der Waals surface area contributed by atoms with E-state index in [0.717, 1.165) is 0 Å². The molecule has 0 aliphatic carbocycles. The van der Waals surface area contributed by atoms with E-state index < -0.39 is 6.10 Å². The van der Waals surface area contributed by atoms with Gasteiger partial charge in [0.1, 0.15) is 0 Å². The van der Waals surface area contributed by atoms with Gasteiger partial charge in [0.15, 0.2) is 0 Å². The molecule has 0 saturated heterocycles. The number of hydrogen-bond acceptors (Lipinski definition) is 5. The Hall–Kier alpha value is -1.69. The number of hydrogen-bond donors (Lipinski definition) is 2. The highest BCUT2D eigenvalue weighted by atomic mass is 16.3. The quantitative estimate of drug-likeness (QED) is 0.699. The highest BCUT2D eigenvalue weighted by Gasteiger charge is 2.09. The normalized spacial score (nSPS) is 11.9. The SMILES string of the molecule is CC(O)CNC(=O)CN(C)c1ncccn1. The number of nitrogens with one attached hydrogen (secondary N) is 1. The van der Waals surface area contributed by atoms with E-state index in [-0.39, 0.29) is 19.0 Å². The molecule has 0 spiro atoms. The third kappa shape index (κ3) is 4.22. The standard InChI is InChI=1S/C10H16N4O2/c1-8(15)6-13-9(16)7-14(2)10-11-4-3-5-12-10/h3-5,8,15H,6-7H2,1-2H3,(H,13,16). The monoisotopic (exact) mass is 224 g/mol. The van der Waals surface area contributed by atoms with Crippen LogP contribution < -0.4 is 10.2 Å². The Balaban J connectivity index is 2.40. The van der Waals surface area contributed by atoms with Crippen molar-refractivity contribution >= 4 is 11.9 Å². The van der Waals surface area contributed by atoms with Gasteiger partial charge in [-0.3, -0.25) is 4.79 Å². The number of aromatic nitrogens is 2. The Kier molecular flexibility index (Phi) is 4.65. The minimum Gasteiger partial charge on any atom is -0.392 e. The van der Waals surface area contributed by atoms with Gasteiger partial charge in [-0.25, -0.2) is 9.97 Å². The molecule has 1 heterocycles. The lowest BCUT2D eigenvalue weighted by atomic mass is 10.4. The number of anilines is 1. The zero-order valence-electron chi connectivity index (χ0n) is 9.42. The predicted molar refractivity (Wildman–Crippen MR) is 60.0 cm³/mol. The molecule has 2 N–H and O–H groups in total. The van der Waals surface area contributed by atoms with E-state index in [9.17, 15) is 4.79 Å². The zero-order chi connectivity index (χ0) is 12.0. The van der Waals surface area contributed by atoms with Crippen molar-refractivity contribution in [3.8, 4) is 0 Å². The van der Waals surface area contributed by atoms with Crippen molar-refractivity contribution in [3.63, 3.8) is 0 Å². The molecule has 1 rings (SSSR count). The molecule has 16 heavy (non-hydrogen) atoms. The van der Waals surface area contributed by atoms with Gasteiger partial charge in [-0.15, -0.1) is 0 Å². The van der Waals surface area contributed by atoms with E-state index in [4.69, 9.17) is 5.11 Å². The molecular weight excluding hydrogens is 208 g/mol. The molecular formula is C10H16N4O2. The van der Waals surface area contributed by atoms with Crippen LogP contribution in [0.15, 0.2) is 18.5 Å². The number of aliphatic hydroxyl groups excluding tert-OH is 1. The number of carbonyl (C=O) groups excluding carboxylic acids is 1. The smallest absolute Gasteiger partial charge is 0.239 e. The van der Waals surface area contributed by atoms with Crippen LogP contribution >= 0.6 is 0 Å². The van der Waals surface area contributed by atoms with Gasteiger partial charge in [-0.05, 0) is 13.0 Å². The predicted octanol–water partition coefficient (Wildman–Crippen LogP) is -0.590. The summed E-state index contributed by atoms with van der Waals surface area (Å²) in [5.41, 5.74) is 0. The maximum absolute atomic E-state index is 11.4. The lowest BCUT2D eigenvalue weighted by Gasteiger charge is -2.16. The Morgan fingerprint density at radius 2 is 2.19 bits per heavy atom. The van der Waals surface area contributed by atoms with Crippen LogP contribution in [0.5, 0.6) is 0 Å². The summed E-state index contributed by atoms with van der Waals surface area (Å²) in [6, 6.07) is 1.71. The van der Waals surface area contributed by atoms with Crippen LogP contribution in [-0.2, 0) is 4.79 Å². The molecule has 0 aromatic carbocycles. The summed E-state index contributed by atoms with van der Waals surface area (Å²) in [4.78, 5) is 21.1. The van der Waals surface area contributed by atoms with Gasteiger partial charge in [-0.1, -0.05) is 0 Å². The van der Waals surface area contributed by atoms with Crippen molar-refractivity contribution in [2.24, 2.45) is 0 Å². The van der Waals surface area contributed by atoms with Gasteiger partial charge < -0.3 is 15.3 Å². The number of nitrogens with zero attached hydrogens (tertiary/aromatic N) is 3. The van der Waals surface area contributed by atoms with Crippen molar-refractivity contribution in [1.82, 2.24) is 15.3 Å². The molecule has 1 unspecified atom stereocenters. The van der Waals surface area contributed by atoms with Crippen LogP contribution in [0.1, 0.15) is 6.92 Å². The topological polar surface area (TPSA) is 78.4 Å². The summed E-state index contributed by atoms with van der Waals surface area (Å²) in [5.74, 6) is 0.325. The first-order chi connectivity index (χ1) is 7.59. The molecule has 0 saturated carbocycles. The first kappa shape index (κ1) is 12.4. The maximum atomic E-state index is 11.4. The number of rotatable bonds is 5. The fraction of sp³-hybridized carbons (Fsp3) is 0.500. The second-order valence-corrected chi connectivity index (χ2v) is 3.56. The van der Waals surface area contributed by atoms with Crippen LogP contribution in [-0.4, -0.2) is 47.2 Å². The number of amides is 1. The average Bonchev–Trinajstić information content (AvgIpc) is 2.27. The van der Waals surface area contributed by atoms with Crippen LogP contribution in [0.25, 0.3) is 0 Å². The third-order valence-electron chi connectivity index (χ3n) is 1.87. The fourth-order valence-electron chi connectivity index (χ4n) is 1.09. The van der Waals surface area contributed by atoms with Crippen molar-refractivity contribution in [1.29, 1.82) is 0 Å². The largest absolute Gasteiger partial charge is 0.392 e. The highest BCUT2D eigenvalue weighted by Crippen LogP contribution is 2.00. The molecule has 0 bridgehead atoms. The molecule has 1 aromatic rings. The van der Waals surface area contributed by atoms with E-state index in [0.29, 0.717) is 5.95 Å². The summed E-state index contributed by atoms with van der Waals surface area (Å²) in [5, 5.41) is 11.6. The Bertz CT molecular complexity index is 329.